The molecule has 4 heteroatoms. The number of aryl methyl sites for hydroxylation is 1. The topological polar surface area (TPSA) is 49.8 Å². The van der Waals surface area contributed by atoms with Crippen LogP contribution in [0.1, 0.15) is 60.7 Å². The summed E-state index contributed by atoms with van der Waals surface area (Å²) in [4.78, 5) is 15.0. The number of rotatable bonds is 5. The van der Waals surface area contributed by atoms with Gasteiger partial charge in [0.25, 0.3) is 5.91 Å². The molecule has 3 aromatic rings. The smallest absolute Gasteiger partial charge is 0.258 e. The third-order valence-corrected chi connectivity index (χ3v) is 5.93. The summed E-state index contributed by atoms with van der Waals surface area (Å²) < 4.78 is 5.69. The van der Waals surface area contributed by atoms with Crippen LogP contribution in [0.15, 0.2) is 66.7 Å². The first-order valence-electron chi connectivity index (χ1n) is 11.1. The largest absolute Gasteiger partial charge is 0.367 e. The molecule has 0 fully saturated rings. The molecular weight excluding hydrogens is 398 g/mol. The van der Waals surface area contributed by atoms with Crippen LogP contribution >= 0.6 is 0 Å². The van der Waals surface area contributed by atoms with Crippen LogP contribution in [0.4, 0.5) is 5.69 Å². The minimum Gasteiger partial charge on any atom is -0.367 e. The lowest BCUT2D eigenvalue weighted by Gasteiger charge is -2.28. The Morgan fingerprint density at radius 1 is 0.938 bits per heavy atom. The molecule has 0 aromatic heterocycles. The van der Waals surface area contributed by atoms with Gasteiger partial charge in [0.15, 0.2) is 6.29 Å². The van der Waals surface area contributed by atoms with Crippen LogP contribution in [0.25, 0.3) is 11.1 Å². The van der Waals surface area contributed by atoms with Crippen LogP contribution in [0.2, 0.25) is 0 Å². The van der Waals surface area contributed by atoms with Gasteiger partial charge >= 0.3 is 0 Å². The van der Waals surface area contributed by atoms with Gasteiger partial charge in [0.2, 0.25) is 0 Å². The first kappa shape index (κ1) is 22.3. The summed E-state index contributed by atoms with van der Waals surface area (Å²) >= 11 is 0. The van der Waals surface area contributed by atoms with Gasteiger partial charge in [0.1, 0.15) is 0 Å². The lowest BCUT2D eigenvalue weighted by molar-refractivity contribution is -0.174. The highest BCUT2D eigenvalue weighted by atomic mass is 16.6. The van der Waals surface area contributed by atoms with Gasteiger partial charge < -0.3 is 14.7 Å². The Morgan fingerprint density at radius 2 is 1.56 bits per heavy atom. The molecule has 0 bridgehead atoms. The van der Waals surface area contributed by atoms with E-state index in [1.54, 1.807) is 4.90 Å². The predicted octanol–water partition coefficient (Wildman–Crippen LogP) is 6.06. The van der Waals surface area contributed by atoms with E-state index in [0.717, 1.165) is 33.5 Å². The number of hydrogen-bond acceptors (Lipinski definition) is 3. The summed E-state index contributed by atoms with van der Waals surface area (Å²) in [6.45, 7) is 10.3. The molecular formula is C28H31NO3. The molecule has 1 aliphatic heterocycles. The summed E-state index contributed by atoms with van der Waals surface area (Å²) in [5.74, 6) is -0.155. The summed E-state index contributed by atoms with van der Waals surface area (Å²) in [5, 5.41) is 10.4. The van der Waals surface area contributed by atoms with E-state index in [4.69, 9.17) is 4.74 Å². The van der Waals surface area contributed by atoms with Crippen molar-refractivity contribution in [2.75, 3.05) is 4.90 Å². The normalized spacial score (nSPS) is 15.6. The minimum absolute atomic E-state index is 0.0193. The number of benzene rings is 3. The standard InChI is InChI=1S/C28H31NO3/c1-18-6-8-21(9-7-18)22-10-11-23-17-29(26(30)25(23)16-22)24-14-12-20(13-15-24)19(2)27(31)32-28(3,4)5/h6-16,19,27,31H,17H2,1-5H3. The SMILES string of the molecule is Cc1ccc(-c2ccc3c(c2)C(=O)N(c2ccc(C(C)C(O)OC(C)(C)C)cc2)C3)cc1. The van der Waals surface area contributed by atoms with Crippen molar-refractivity contribution in [2.24, 2.45) is 0 Å². The number of hydrogen-bond donors (Lipinski definition) is 1. The number of amides is 1. The first-order chi connectivity index (χ1) is 15.1. The Kier molecular flexibility index (Phi) is 5.93. The lowest BCUT2D eigenvalue weighted by Crippen LogP contribution is -2.30. The van der Waals surface area contributed by atoms with E-state index in [1.165, 1.54) is 5.56 Å². The van der Waals surface area contributed by atoms with Crippen molar-refractivity contribution in [1.82, 2.24) is 0 Å². The number of carbonyl (C=O) groups excluding carboxylic acids is 1. The molecule has 166 valence electrons. The number of ether oxygens (including phenoxy) is 1. The lowest BCUT2D eigenvalue weighted by atomic mass is 9.99. The number of fused-ring (bicyclic) bond motifs is 1. The van der Waals surface area contributed by atoms with Crippen molar-refractivity contribution >= 4 is 11.6 Å². The second-order valence-electron chi connectivity index (χ2n) is 9.63. The maximum absolute atomic E-state index is 13.2. The molecule has 32 heavy (non-hydrogen) atoms. The highest BCUT2D eigenvalue weighted by Gasteiger charge is 2.29. The summed E-state index contributed by atoms with van der Waals surface area (Å²) in [6, 6.07) is 22.3. The number of carbonyl (C=O) groups is 1. The fourth-order valence-corrected chi connectivity index (χ4v) is 4.02. The zero-order valence-electron chi connectivity index (χ0n) is 19.4. The molecule has 3 aromatic carbocycles. The zero-order valence-corrected chi connectivity index (χ0v) is 19.4. The van der Waals surface area contributed by atoms with Crippen molar-refractivity contribution in [3.05, 3.63) is 89.0 Å². The summed E-state index contributed by atoms with van der Waals surface area (Å²) in [6.07, 6.45) is -0.890. The van der Waals surface area contributed by atoms with Crippen LogP contribution < -0.4 is 4.90 Å². The molecule has 1 heterocycles. The Labute approximate surface area is 190 Å². The van der Waals surface area contributed by atoms with Crippen molar-refractivity contribution in [1.29, 1.82) is 0 Å². The van der Waals surface area contributed by atoms with Crippen LogP contribution in [0.3, 0.4) is 0 Å². The maximum Gasteiger partial charge on any atom is 0.258 e. The molecule has 1 amide bonds. The van der Waals surface area contributed by atoms with E-state index in [9.17, 15) is 9.90 Å². The molecule has 0 spiro atoms. The van der Waals surface area contributed by atoms with Gasteiger partial charge in [0, 0.05) is 17.2 Å². The molecule has 0 saturated heterocycles. The van der Waals surface area contributed by atoms with Crippen LogP contribution in [0.5, 0.6) is 0 Å². The highest BCUT2D eigenvalue weighted by Crippen LogP contribution is 2.33. The fourth-order valence-electron chi connectivity index (χ4n) is 4.02. The third kappa shape index (κ3) is 4.62. The maximum atomic E-state index is 13.2. The Balaban J connectivity index is 1.52. The third-order valence-electron chi connectivity index (χ3n) is 5.93. The predicted molar refractivity (Wildman–Crippen MR) is 129 cm³/mol. The van der Waals surface area contributed by atoms with Gasteiger partial charge in [-0.15, -0.1) is 0 Å². The van der Waals surface area contributed by atoms with E-state index < -0.39 is 11.9 Å². The van der Waals surface area contributed by atoms with E-state index in [2.05, 4.69) is 43.3 Å². The van der Waals surface area contributed by atoms with Gasteiger partial charge in [-0.1, -0.05) is 61.0 Å². The van der Waals surface area contributed by atoms with Crippen LogP contribution in [0, 0.1) is 6.92 Å². The number of aliphatic hydroxyl groups excluding tert-OH is 1. The number of nitrogens with zero attached hydrogens (tertiary/aromatic N) is 1. The Hall–Kier alpha value is -2.95. The van der Waals surface area contributed by atoms with Gasteiger partial charge in [-0.3, -0.25) is 4.79 Å². The second-order valence-corrected chi connectivity index (χ2v) is 9.63. The van der Waals surface area contributed by atoms with E-state index in [-0.39, 0.29) is 11.8 Å². The molecule has 1 aliphatic rings. The van der Waals surface area contributed by atoms with Gasteiger partial charge in [-0.2, -0.15) is 0 Å². The first-order valence-corrected chi connectivity index (χ1v) is 11.1. The molecule has 2 atom stereocenters. The Morgan fingerprint density at radius 3 is 2.19 bits per heavy atom. The van der Waals surface area contributed by atoms with Crippen molar-refractivity contribution in [2.45, 2.75) is 59.0 Å². The molecule has 4 rings (SSSR count). The molecule has 0 aliphatic carbocycles. The molecule has 0 saturated carbocycles. The van der Waals surface area contributed by atoms with Crippen LogP contribution in [-0.4, -0.2) is 22.9 Å². The fraction of sp³-hybridized carbons (Fsp3) is 0.321. The quantitative estimate of drug-likeness (QED) is 0.502. The van der Waals surface area contributed by atoms with Crippen molar-refractivity contribution in [3.63, 3.8) is 0 Å². The summed E-state index contributed by atoms with van der Waals surface area (Å²) in [7, 11) is 0. The van der Waals surface area contributed by atoms with E-state index in [0.29, 0.717) is 6.54 Å². The number of aliphatic hydroxyl groups is 1. The van der Waals surface area contributed by atoms with Gasteiger partial charge in [0.05, 0.1) is 12.1 Å². The van der Waals surface area contributed by atoms with Crippen molar-refractivity contribution in [3.8, 4) is 11.1 Å². The molecule has 1 N–H and O–H groups in total. The average Bonchev–Trinajstić information content (AvgIpc) is 3.08. The Bertz CT molecular complexity index is 1110. The number of anilines is 1. The molecule has 2 unspecified atom stereocenters. The molecule has 4 nitrogen and oxygen atoms in total. The minimum atomic E-state index is -0.890. The molecule has 0 radical (unpaired) electrons. The average molecular weight is 430 g/mol. The van der Waals surface area contributed by atoms with Crippen LogP contribution in [-0.2, 0) is 11.3 Å². The zero-order chi connectivity index (χ0) is 23.0. The highest BCUT2D eigenvalue weighted by molar-refractivity contribution is 6.10. The van der Waals surface area contributed by atoms with Crippen molar-refractivity contribution < 1.29 is 14.6 Å². The summed E-state index contributed by atoms with van der Waals surface area (Å²) in [5.41, 5.74) is 6.58. The monoisotopic (exact) mass is 429 g/mol. The van der Waals surface area contributed by atoms with Gasteiger partial charge in [-0.05, 0) is 68.1 Å². The second kappa shape index (κ2) is 8.53. The van der Waals surface area contributed by atoms with E-state index >= 15 is 0 Å². The van der Waals surface area contributed by atoms with Gasteiger partial charge in [-0.25, -0.2) is 0 Å². The van der Waals surface area contributed by atoms with E-state index in [1.807, 2.05) is 58.0 Å².